The Labute approximate surface area is 181 Å². The van der Waals surface area contributed by atoms with E-state index in [1.54, 1.807) is 21.7 Å². The van der Waals surface area contributed by atoms with Gasteiger partial charge in [0.05, 0.1) is 0 Å². The van der Waals surface area contributed by atoms with Gasteiger partial charge in [0.1, 0.15) is 0 Å². The molecule has 0 fully saturated rings. The van der Waals surface area contributed by atoms with E-state index in [9.17, 15) is 0 Å². The van der Waals surface area contributed by atoms with Crippen molar-refractivity contribution in [2.75, 3.05) is 0 Å². The third-order valence-corrected chi connectivity index (χ3v) is 7.45. The van der Waals surface area contributed by atoms with E-state index in [0.717, 1.165) is 0 Å². The average molecular weight is 522 g/mol. The normalized spacial score (nSPS) is 8.09. The van der Waals surface area contributed by atoms with E-state index in [-0.39, 0.29) is 83.2 Å². The molecule has 0 bridgehead atoms. The molecule has 0 heterocycles. The SMILES string of the molecule is CCCCCCC[CH2][Sn+2][CH2]CCCCCCC.[Cl-].[Cl-].[Cl-].[Cl-].[Cl-]. The van der Waals surface area contributed by atoms with Gasteiger partial charge in [-0.1, -0.05) is 0 Å². The van der Waals surface area contributed by atoms with Crippen LogP contribution in [0.3, 0.4) is 0 Å². The second-order valence-electron chi connectivity index (χ2n) is 5.29. The van der Waals surface area contributed by atoms with Crippen molar-refractivity contribution >= 4 is 21.1 Å². The summed E-state index contributed by atoms with van der Waals surface area (Å²) in [6.07, 6.45) is 17.8. The Morgan fingerprint density at radius 3 is 1.00 bits per heavy atom. The molecule has 0 N–H and O–H groups in total. The van der Waals surface area contributed by atoms with Gasteiger partial charge >= 0.3 is 121 Å². The van der Waals surface area contributed by atoms with Gasteiger partial charge in [-0.25, -0.2) is 0 Å². The van der Waals surface area contributed by atoms with Gasteiger partial charge < -0.3 is 62.0 Å². The van der Waals surface area contributed by atoms with E-state index in [1.165, 1.54) is 64.2 Å². The molecule has 0 aliphatic carbocycles. The Kier molecular flexibility index (Phi) is 69.2. The molecule has 140 valence electrons. The van der Waals surface area contributed by atoms with Crippen molar-refractivity contribution in [2.24, 2.45) is 0 Å². The summed E-state index contributed by atoms with van der Waals surface area (Å²) < 4.78 is 3.31. The smallest absolute Gasteiger partial charge is 1.00 e. The molecule has 0 rings (SSSR count). The number of hydrogen-bond donors (Lipinski definition) is 0. The van der Waals surface area contributed by atoms with Gasteiger partial charge in [0.15, 0.2) is 0 Å². The molecule has 0 spiro atoms. The van der Waals surface area contributed by atoms with Gasteiger partial charge in [0.25, 0.3) is 0 Å². The number of unbranched alkanes of at least 4 members (excludes halogenated alkanes) is 10. The summed E-state index contributed by atoms with van der Waals surface area (Å²) in [6.45, 7) is 4.60. The maximum absolute atomic E-state index is 2.30. The van der Waals surface area contributed by atoms with Crippen molar-refractivity contribution in [3.63, 3.8) is 0 Å². The first-order chi connectivity index (χ1) is 8.41. The average Bonchev–Trinajstić information content (AvgIpc) is 2.35. The Bertz CT molecular complexity index is 126. The van der Waals surface area contributed by atoms with Gasteiger partial charge in [0.2, 0.25) is 0 Å². The molecule has 0 saturated heterocycles. The third-order valence-electron chi connectivity index (χ3n) is 3.41. The minimum absolute atomic E-state index is 0. The molecule has 0 aromatic carbocycles. The zero-order valence-corrected chi connectivity index (χ0v) is 20.9. The van der Waals surface area contributed by atoms with Gasteiger partial charge in [-0.05, 0) is 0 Å². The Morgan fingerprint density at radius 1 is 0.409 bits per heavy atom. The summed E-state index contributed by atoms with van der Waals surface area (Å²) in [5.74, 6) is 0. The van der Waals surface area contributed by atoms with E-state index >= 15 is 0 Å². The molecule has 0 radical (unpaired) electrons. The molecule has 0 unspecified atom stereocenters. The van der Waals surface area contributed by atoms with Crippen molar-refractivity contribution in [1.82, 2.24) is 0 Å². The molecular formula is C16H34Cl5Sn-3. The fourth-order valence-corrected chi connectivity index (χ4v) is 5.75. The zero-order valence-electron chi connectivity index (χ0n) is 14.3. The standard InChI is InChI=1S/2C8H17.5ClH.Sn/c2*1-3-5-7-8-6-4-2;;;;;;/h2*1,3-8H2,2H3;5*1H;/q;;;;;;;+2/p-5. The molecule has 0 atom stereocenters. The Hall–Kier alpha value is 2.25. The van der Waals surface area contributed by atoms with E-state index in [2.05, 4.69) is 13.8 Å². The van der Waals surface area contributed by atoms with Crippen LogP contribution in [0.2, 0.25) is 8.87 Å². The first kappa shape index (κ1) is 39.4. The summed E-state index contributed by atoms with van der Waals surface area (Å²) in [7, 11) is 0. The van der Waals surface area contributed by atoms with E-state index in [4.69, 9.17) is 0 Å². The summed E-state index contributed by atoms with van der Waals surface area (Å²) in [5, 5.41) is 0. The van der Waals surface area contributed by atoms with Crippen LogP contribution in [0.25, 0.3) is 0 Å². The van der Waals surface area contributed by atoms with Crippen molar-refractivity contribution in [3.8, 4) is 0 Å². The number of halogens is 5. The molecule has 0 aromatic heterocycles. The van der Waals surface area contributed by atoms with Crippen LogP contribution < -0.4 is 62.0 Å². The van der Waals surface area contributed by atoms with Gasteiger partial charge in [0, 0.05) is 0 Å². The van der Waals surface area contributed by atoms with Crippen molar-refractivity contribution in [3.05, 3.63) is 0 Å². The summed E-state index contributed by atoms with van der Waals surface area (Å²) in [6, 6.07) is 0. The van der Waals surface area contributed by atoms with Crippen molar-refractivity contribution in [1.29, 1.82) is 0 Å². The molecule has 6 heteroatoms. The fourth-order valence-electron chi connectivity index (χ4n) is 2.19. The topological polar surface area (TPSA) is 0 Å². The summed E-state index contributed by atoms with van der Waals surface area (Å²) in [5.41, 5.74) is 0. The van der Waals surface area contributed by atoms with Crippen LogP contribution in [-0.2, 0) is 0 Å². The number of hydrogen-bond acceptors (Lipinski definition) is 0. The minimum Gasteiger partial charge on any atom is -1.00 e. The first-order valence-corrected chi connectivity index (χ1v) is 12.2. The predicted octanol–water partition coefficient (Wildman–Crippen LogP) is -8.73. The summed E-state index contributed by atoms with van der Waals surface area (Å²) >= 11 is 0.0736. The van der Waals surface area contributed by atoms with Gasteiger partial charge in [-0.2, -0.15) is 0 Å². The predicted molar refractivity (Wildman–Crippen MR) is 82.1 cm³/mol. The molecular weight excluding hydrogens is 488 g/mol. The quantitative estimate of drug-likeness (QED) is 0.157. The molecule has 0 saturated carbocycles. The molecule has 0 nitrogen and oxygen atoms in total. The second kappa shape index (κ2) is 38.7. The van der Waals surface area contributed by atoms with Crippen LogP contribution in [0.15, 0.2) is 0 Å². The monoisotopic (exact) mass is 521 g/mol. The maximum atomic E-state index is 2.30. The molecule has 0 aliphatic rings. The molecule has 0 aromatic rings. The van der Waals surface area contributed by atoms with E-state index in [0.29, 0.717) is 0 Å². The van der Waals surface area contributed by atoms with Crippen molar-refractivity contribution < 1.29 is 62.0 Å². The van der Waals surface area contributed by atoms with Crippen molar-refractivity contribution in [2.45, 2.75) is 99.8 Å². The van der Waals surface area contributed by atoms with Crippen LogP contribution in [-0.4, -0.2) is 21.1 Å². The van der Waals surface area contributed by atoms with Gasteiger partial charge in [-0.15, -0.1) is 0 Å². The molecule has 0 amide bonds. The molecule has 0 aliphatic heterocycles. The molecule has 22 heavy (non-hydrogen) atoms. The van der Waals surface area contributed by atoms with Crippen LogP contribution in [0, 0.1) is 0 Å². The van der Waals surface area contributed by atoms with Crippen LogP contribution in [0.5, 0.6) is 0 Å². The minimum atomic E-state index is 0. The maximum Gasteiger partial charge on any atom is -1.00 e. The van der Waals surface area contributed by atoms with Gasteiger partial charge in [-0.3, -0.25) is 0 Å². The van der Waals surface area contributed by atoms with Crippen LogP contribution in [0.1, 0.15) is 90.9 Å². The third kappa shape index (κ3) is 38.0. The van der Waals surface area contributed by atoms with Crippen LogP contribution in [0.4, 0.5) is 0 Å². The second-order valence-corrected chi connectivity index (χ2v) is 9.57. The summed E-state index contributed by atoms with van der Waals surface area (Å²) in [4.78, 5) is 0. The van der Waals surface area contributed by atoms with Crippen LogP contribution >= 0.6 is 0 Å². The first-order valence-electron chi connectivity index (χ1n) is 8.12. The van der Waals surface area contributed by atoms with E-state index in [1.807, 2.05) is 0 Å². The zero-order chi connectivity index (χ0) is 12.6. The van der Waals surface area contributed by atoms with E-state index < -0.39 is 0 Å². The Balaban J connectivity index is -0.000000128. The number of rotatable bonds is 14. The Morgan fingerprint density at radius 2 is 0.682 bits per heavy atom. The fraction of sp³-hybridized carbons (Fsp3) is 1.00. The largest absolute Gasteiger partial charge is 1.00 e.